The van der Waals surface area contributed by atoms with Gasteiger partial charge < -0.3 is 4.98 Å². The number of hydrogen-bond donors (Lipinski definition) is 2. The van der Waals surface area contributed by atoms with Crippen molar-refractivity contribution < 1.29 is 4.39 Å². The average molecular weight is 406 g/mol. The Balaban J connectivity index is 1.52. The van der Waals surface area contributed by atoms with E-state index in [1.54, 1.807) is 24.7 Å². The van der Waals surface area contributed by atoms with Crippen molar-refractivity contribution in [2.24, 2.45) is 0 Å². The number of imidazole rings is 1. The molecule has 6 aromatic rings. The molecule has 0 amide bonds. The highest BCUT2D eigenvalue weighted by Gasteiger charge is 2.16. The van der Waals surface area contributed by atoms with E-state index < -0.39 is 0 Å². The number of aromatic nitrogens is 6. The number of pyridine rings is 2. The number of rotatable bonds is 3. The van der Waals surface area contributed by atoms with Crippen LogP contribution in [0.3, 0.4) is 0 Å². The van der Waals surface area contributed by atoms with E-state index in [0.29, 0.717) is 11.5 Å². The van der Waals surface area contributed by atoms with Crippen molar-refractivity contribution in [3.8, 4) is 33.9 Å². The molecule has 0 bridgehead atoms. The Morgan fingerprint density at radius 3 is 2.61 bits per heavy atom. The molecule has 31 heavy (non-hydrogen) atoms. The SMILES string of the molecule is Fc1cccc(-c2cccc3[nH]c(-c4n[nH]c5cnc(-c6cccnc6)cc45)nc23)c1. The Hall–Kier alpha value is -4.39. The number of para-hydroxylation sites is 1. The van der Waals surface area contributed by atoms with E-state index in [-0.39, 0.29) is 5.82 Å². The second-order valence-electron chi connectivity index (χ2n) is 7.23. The summed E-state index contributed by atoms with van der Waals surface area (Å²) in [5, 5.41) is 8.41. The third-order valence-electron chi connectivity index (χ3n) is 5.28. The lowest BCUT2D eigenvalue weighted by Crippen LogP contribution is -1.86. The minimum Gasteiger partial charge on any atom is -0.337 e. The van der Waals surface area contributed by atoms with Gasteiger partial charge in [-0.2, -0.15) is 5.10 Å². The fourth-order valence-electron chi connectivity index (χ4n) is 3.80. The predicted octanol–water partition coefficient (Wildman–Crippen LogP) is 5.37. The summed E-state index contributed by atoms with van der Waals surface area (Å²) < 4.78 is 13.8. The van der Waals surface area contributed by atoms with Gasteiger partial charge in [-0.1, -0.05) is 24.3 Å². The van der Waals surface area contributed by atoms with Crippen molar-refractivity contribution in [1.29, 1.82) is 0 Å². The highest BCUT2D eigenvalue weighted by Crippen LogP contribution is 2.32. The Bertz CT molecular complexity index is 1550. The summed E-state index contributed by atoms with van der Waals surface area (Å²) in [5.74, 6) is 0.354. The van der Waals surface area contributed by atoms with Gasteiger partial charge in [-0.05, 0) is 42.0 Å². The van der Waals surface area contributed by atoms with Crippen LogP contribution in [0.25, 0.3) is 55.8 Å². The van der Waals surface area contributed by atoms with Crippen LogP contribution in [0.15, 0.2) is 79.3 Å². The molecule has 0 spiro atoms. The Morgan fingerprint density at radius 1 is 0.839 bits per heavy atom. The maximum Gasteiger partial charge on any atom is 0.159 e. The molecule has 2 N–H and O–H groups in total. The second-order valence-corrected chi connectivity index (χ2v) is 7.23. The summed E-state index contributed by atoms with van der Waals surface area (Å²) >= 11 is 0. The van der Waals surface area contributed by atoms with Crippen LogP contribution in [0.2, 0.25) is 0 Å². The van der Waals surface area contributed by atoms with Gasteiger partial charge in [0.25, 0.3) is 0 Å². The van der Waals surface area contributed by atoms with Crippen molar-refractivity contribution in [1.82, 2.24) is 30.1 Å². The minimum atomic E-state index is -0.279. The maximum absolute atomic E-state index is 13.8. The van der Waals surface area contributed by atoms with Gasteiger partial charge >= 0.3 is 0 Å². The average Bonchev–Trinajstić information content (AvgIpc) is 3.43. The number of hydrogen-bond acceptors (Lipinski definition) is 4. The first-order valence-electron chi connectivity index (χ1n) is 9.76. The molecule has 4 aromatic heterocycles. The quantitative estimate of drug-likeness (QED) is 0.414. The van der Waals surface area contributed by atoms with Crippen LogP contribution in [0.1, 0.15) is 0 Å². The number of H-pyrrole nitrogens is 2. The highest BCUT2D eigenvalue weighted by atomic mass is 19.1. The smallest absolute Gasteiger partial charge is 0.159 e. The van der Waals surface area contributed by atoms with E-state index in [2.05, 4.69) is 25.1 Å². The van der Waals surface area contributed by atoms with Gasteiger partial charge in [0.2, 0.25) is 0 Å². The molecular weight excluding hydrogens is 391 g/mol. The van der Waals surface area contributed by atoms with Crippen molar-refractivity contribution >= 4 is 21.9 Å². The van der Waals surface area contributed by atoms with E-state index in [9.17, 15) is 4.39 Å². The summed E-state index contributed by atoms with van der Waals surface area (Å²) in [6.07, 6.45) is 5.27. The van der Waals surface area contributed by atoms with Gasteiger partial charge in [0.15, 0.2) is 5.82 Å². The monoisotopic (exact) mass is 406 g/mol. The van der Waals surface area contributed by atoms with E-state index in [4.69, 9.17) is 4.98 Å². The number of nitrogens with one attached hydrogen (secondary N) is 2. The molecule has 0 atom stereocenters. The largest absolute Gasteiger partial charge is 0.337 e. The first kappa shape index (κ1) is 17.5. The number of fused-ring (bicyclic) bond motifs is 2. The van der Waals surface area contributed by atoms with Gasteiger partial charge in [0, 0.05) is 28.9 Å². The standard InChI is InChI=1S/C24H15FN6/c25-16-6-1-4-14(10-16)17-7-2-8-19-22(17)29-24(28-19)23-18-11-20(15-5-3-9-26-12-15)27-13-21(18)30-31-23/h1-13H,(H,28,29)(H,30,31). The number of halogens is 1. The van der Waals surface area contributed by atoms with E-state index >= 15 is 0 Å². The summed E-state index contributed by atoms with van der Waals surface area (Å²) in [5.41, 5.74) is 6.50. The molecule has 0 saturated heterocycles. The number of nitrogens with zero attached hydrogens (tertiary/aromatic N) is 4. The van der Waals surface area contributed by atoms with Crippen LogP contribution in [0.4, 0.5) is 4.39 Å². The van der Waals surface area contributed by atoms with Crippen LogP contribution in [-0.4, -0.2) is 30.1 Å². The zero-order valence-corrected chi connectivity index (χ0v) is 16.2. The molecule has 2 aromatic carbocycles. The number of aromatic amines is 2. The first-order valence-corrected chi connectivity index (χ1v) is 9.76. The topological polar surface area (TPSA) is 83.1 Å². The Morgan fingerprint density at radius 2 is 1.74 bits per heavy atom. The highest BCUT2D eigenvalue weighted by molar-refractivity contribution is 5.97. The molecule has 0 saturated carbocycles. The van der Waals surface area contributed by atoms with Gasteiger partial charge in [-0.3, -0.25) is 15.1 Å². The fraction of sp³-hybridized carbons (Fsp3) is 0. The lowest BCUT2D eigenvalue weighted by molar-refractivity contribution is 0.628. The van der Waals surface area contributed by atoms with Crippen LogP contribution in [0.5, 0.6) is 0 Å². The van der Waals surface area contributed by atoms with E-state index in [0.717, 1.165) is 44.3 Å². The van der Waals surface area contributed by atoms with Crippen molar-refractivity contribution in [2.45, 2.75) is 0 Å². The third kappa shape index (κ3) is 2.95. The molecule has 6 nitrogen and oxygen atoms in total. The zero-order valence-electron chi connectivity index (χ0n) is 16.2. The third-order valence-corrected chi connectivity index (χ3v) is 5.28. The molecule has 7 heteroatoms. The lowest BCUT2D eigenvalue weighted by Gasteiger charge is -2.02. The molecule has 4 heterocycles. The first-order chi connectivity index (χ1) is 15.3. The Labute approximate surface area is 175 Å². The normalized spacial score (nSPS) is 11.4. The summed E-state index contributed by atoms with van der Waals surface area (Å²) in [6, 6.07) is 18.2. The van der Waals surface area contributed by atoms with E-state index in [1.165, 1.54) is 12.1 Å². The van der Waals surface area contributed by atoms with Crippen molar-refractivity contribution in [3.63, 3.8) is 0 Å². The molecule has 148 valence electrons. The molecule has 0 unspecified atom stereocenters. The molecule has 0 aliphatic rings. The van der Waals surface area contributed by atoms with Crippen LogP contribution >= 0.6 is 0 Å². The second kappa shape index (κ2) is 6.84. The Kier molecular flexibility index (Phi) is 3.86. The maximum atomic E-state index is 13.8. The van der Waals surface area contributed by atoms with Gasteiger partial charge in [-0.25, -0.2) is 9.37 Å². The number of benzene rings is 2. The molecule has 0 radical (unpaired) electrons. The van der Waals surface area contributed by atoms with Crippen LogP contribution in [-0.2, 0) is 0 Å². The lowest BCUT2D eigenvalue weighted by atomic mass is 10.0. The molecule has 0 aliphatic carbocycles. The van der Waals surface area contributed by atoms with Gasteiger partial charge in [0.05, 0.1) is 28.4 Å². The molecule has 0 aliphatic heterocycles. The molecule has 0 fully saturated rings. The van der Waals surface area contributed by atoms with Gasteiger partial charge in [-0.15, -0.1) is 0 Å². The summed E-state index contributed by atoms with van der Waals surface area (Å²) in [6.45, 7) is 0. The van der Waals surface area contributed by atoms with Gasteiger partial charge in [0.1, 0.15) is 11.5 Å². The van der Waals surface area contributed by atoms with Crippen LogP contribution < -0.4 is 0 Å². The minimum absolute atomic E-state index is 0.279. The van der Waals surface area contributed by atoms with Crippen molar-refractivity contribution in [2.75, 3.05) is 0 Å². The predicted molar refractivity (Wildman–Crippen MR) is 118 cm³/mol. The van der Waals surface area contributed by atoms with Crippen LogP contribution in [0, 0.1) is 5.82 Å². The summed E-state index contributed by atoms with van der Waals surface area (Å²) in [7, 11) is 0. The van der Waals surface area contributed by atoms with E-state index in [1.807, 2.05) is 42.5 Å². The van der Waals surface area contributed by atoms with Crippen molar-refractivity contribution in [3.05, 3.63) is 85.1 Å². The zero-order chi connectivity index (χ0) is 20.8. The molecule has 6 rings (SSSR count). The fourth-order valence-corrected chi connectivity index (χ4v) is 3.80. The summed E-state index contributed by atoms with van der Waals surface area (Å²) in [4.78, 5) is 16.9. The molecular formula is C24H15FN6.